The molecule has 0 fully saturated rings. The van der Waals surface area contributed by atoms with Crippen LogP contribution in [0.3, 0.4) is 0 Å². The first-order valence-corrected chi connectivity index (χ1v) is 7.58. The van der Waals surface area contributed by atoms with E-state index in [0.717, 1.165) is 51.3 Å². The van der Waals surface area contributed by atoms with Gasteiger partial charge in [-0.3, -0.25) is 0 Å². The number of nitrogens with one attached hydrogen (secondary N) is 1. The molecule has 0 aromatic carbocycles. The smallest absolute Gasteiger partial charge is 0.140 e. The number of hydrogen-bond donors (Lipinski definition) is 1. The monoisotopic (exact) mass is 275 g/mol. The fraction of sp³-hybridized carbons (Fsp3) is 0.562. The van der Waals surface area contributed by atoms with Crippen LogP contribution in [0, 0.1) is 0 Å². The lowest BCUT2D eigenvalue weighted by Crippen LogP contribution is -2.13. The third-order valence-corrected chi connectivity index (χ3v) is 3.28. The summed E-state index contributed by atoms with van der Waals surface area (Å²) in [5, 5.41) is 4.70. The zero-order valence-electron chi connectivity index (χ0n) is 12.6. The molecule has 2 aromatic rings. The summed E-state index contributed by atoms with van der Waals surface area (Å²) in [4.78, 5) is 4.51. The highest BCUT2D eigenvalue weighted by atomic mass is 16.5. The lowest BCUT2D eigenvalue weighted by molar-refractivity contribution is 0.127. The first kappa shape index (κ1) is 15.0. The van der Waals surface area contributed by atoms with Crippen molar-refractivity contribution in [3.8, 4) is 0 Å². The molecular formula is C16H25N3O. The van der Waals surface area contributed by atoms with E-state index >= 15 is 0 Å². The van der Waals surface area contributed by atoms with E-state index in [2.05, 4.69) is 41.0 Å². The van der Waals surface area contributed by atoms with Gasteiger partial charge in [0.1, 0.15) is 5.65 Å². The summed E-state index contributed by atoms with van der Waals surface area (Å²) < 4.78 is 7.78. The van der Waals surface area contributed by atoms with Gasteiger partial charge in [-0.1, -0.05) is 13.8 Å². The summed E-state index contributed by atoms with van der Waals surface area (Å²) >= 11 is 0. The van der Waals surface area contributed by atoms with Crippen LogP contribution in [0.1, 0.15) is 32.3 Å². The summed E-state index contributed by atoms with van der Waals surface area (Å²) in [5.74, 6) is 0. The second-order valence-corrected chi connectivity index (χ2v) is 5.01. The van der Waals surface area contributed by atoms with Gasteiger partial charge >= 0.3 is 0 Å². The zero-order chi connectivity index (χ0) is 14.2. The van der Waals surface area contributed by atoms with E-state index in [4.69, 9.17) is 4.74 Å². The van der Waals surface area contributed by atoms with Crippen molar-refractivity contribution in [3.63, 3.8) is 0 Å². The van der Waals surface area contributed by atoms with Gasteiger partial charge in [0, 0.05) is 37.5 Å². The van der Waals surface area contributed by atoms with Crippen molar-refractivity contribution in [2.24, 2.45) is 0 Å². The molecule has 0 radical (unpaired) electrons. The second kappa shape index (κ2) is 8.02. The van der Waals surface area contributed by atoms with Crippen LogP contribution in [-0.2, 0) is 17.8 Å². The van der Waals surface area contributed by atoms with Crippen molar-refractivity contribution >= 4 is 11.0 Å². The zero-order valence-corrected chi connectivity index (χ0v) is 12.6. The molecule has 0 spiro atoms. The fourth-order valence-corrected chi connectivity index (χ4v) is 2.32. The molecule has 20 heavy (non-hydrogen) atoms. The molecule has 0 bridgehead atoms. The summed E-state index contributed by atoms with van der Waals surface area (Å²) in [5.41, 5.74) is 2.37. The molecule has 0 saturated heterocycles. The maximum Gasteiger partial charge on any atom is 0.140 e. The van der Waals surface area contributed by atoms with Crippen LogP contribution in [0.2, 0.25) is 0 Å². The van der Waals surface area contributed by atoms with E-state index in [1.165, 1.54) is 10.9 Å². The molecule has 0 aliphatic heterocycles. The molecule has 0 atom stereocenters. The van der Waals surface area contributed by atoms with Crippen molar-refractivity contribution in [2.75, 3.05) is 19.8 Å². The van der Waals surface area contributed by atoms with Crippen molar-refractivity contribution < 1.29 is 4.74 Å². The van der Waals surface area contributed by atoms with Crippen LogP contribution in [0.15, 0.2) is 24.5 Å². The molecule has 2 heterocycles. The quantitative estimate of drug-likeness (QED) is 0.715. The van der Waals surface area contributed by atoms with Crippen molar-refractivity contribution in [3.05, 3.63) is 30.1 Å². The van der Waals surface area contributed by atoms with E-state index in [-0.39, 0.29) is 0 Å². The number of nitrogens with zero attached hydrogens (tertiary/aromatic N) is 2. The molecule has 1 N–H and O–H groups in total. The molecule has 2 rings (SSSR count). The molecule has 0 aliphatic carbocycles. The topological polar surface area (TPSA) is 39.1 Å². The van der Waals surface area contributed by atoms with Gasteiger partial charge in [-0.2, -0.15) is 0 Å². The largest absolute Gasteiger partial charge is 0.380 e. The third kappa shape index (κ3) is 3.81. The van der Waals surface area contributed by atoms with Crippen LogP contribution in [0.25, 0.3) is 11.0 Å². The predicted octanol–water partition coefficient (Wildman–Crippen LogP) is 2.96. The molecule has 4 nitrogen and oxygen atoms in total. The minimum absolute atomic E-state index is 0.746. The molecule has 0 unspecified atom stereocenters. The Balaban J connectivity index is 2.09. The Labute approximate surface area is 121 Å². The Morgan fingerprint density at radius 3 is 2.95 bits per heavy atom. The standard InChI is InChI=1S/C16H25N3O/c1-3-7-17-12-14-13-19(9-11-20-10-4-2)16-15(14)6-5-8-18-16/h5-6,8,13,17H,3-4,7,9-12H2,1-2H3. The van der Waals surface area contributed by atoms with E-state index < -0.39 is 0 Å². The van der Waals surface area contributed by atoms with Gasteiger partial charge in [-0.15, -0.1) is 0 Å². The van der Waals surface area contributed by atoms with E-state index in [0.29, 0.717) is 0 Å². The maximum absolute atomic E-state index is 5.58. The SMILES string of the molecule is CCCNCc1cn(CCOCCC)c2ncccc12. The lowest BCUT2D eigenvalue weighted by atomic mass is 10.2. The van der Waals surface area contributed by atoms with Crippen molar-refractivity contribution in [2.45, 2.75) is 39.8 Å². The molecule has 4 heteroatoms. The van der Waals surface area contributed by atoms with Gasteiger partial charge in [0.15, 0.2) is 0 Å². The number of hydrogen-bond acceptors (Lipinski definition) is 3. The van der Waals surface area contributed by atoms with Gasteiger partial charge in [0.25, 0.3) is 0 Å². The number of fused-ring (bicyclic) bond motifs is 1. The number of aromatic nitrogens is 2. The van der Waals surface area contributed by atoms with Gasteiger partial charge in [-0.25, -0.2) is 4.98 Å². The normalized spacial score (nSPS) is 11.3. The van der Waals surface area contributed by atoms with Gasteiger partial charge in [-0.05, 0) is 37.1 Å². The summed E-state index contributed by atoms with van der Waals surface area (Å²) in [6.07, 6.45) is 6.28. The Morgan fingerprint density at radius 2 is 2.15 bits per heavy atom. The van der Waals surface area contributed by atoms with Crippen LogP contribution in [-0.4, -0.2) is 29.3 Å². The summed E-state index contributed by atoms with van der Waals surface area (Å²) in [6, 6.07) is 4.15. The number of rotatable bonds is 9. The molecule has 0 aliphatic rings. The van der Waals surface area contributed by atoms with Gasteiger partial charge in [0.05, 0.1) is 6.61 Å². The Morgan fingerprint density at radius 1 is 1.25 bits per heavy atom. The lowest BCUT2D eigenvalue weighted by Gasteiger charge is -2.05. The minimum atomic E-state index is 0.746. The second-order valence-electron chi connectivity index (χ2n) is 5.01. The Bertz CT molecular complexity index is 521. The molecular weight excluding hydrogens is 250 g/mol. The average molecular weight is 275 g/mol. The molecule has 2 aromatic heterocycles. The maximum atomic E-state index is 5.58. The molecule has 0 saturated carbocycles. The first-order chi connectivity index (χ1) is 9.86. The highest BCUT2D eigenvalue weighted by molar-refractivity contribution is 5.80. The number of pyridine rings is 1. The Hall–Kier alpha value is -1.39. The third-order valence-electron chi connectivity index (χ3n) is 3.28. The van der Waals surface area contributed by atoms with Crippen LogP contribution < -0.4 is 5.32 Å². The van der Waals surface area contributed by atoms with Crippen LogP contribution in [0.5, 0.6) is 0 Å². The highest BCUT2D eigenvalue weighted by Crippen LogP contribution is 2.19. The Kier molecular flexibility index (Phi) is 6.02. The van der Waals surface area contributed by atoms with Crippen molar-refractivity contribution in [1.29, 1.82) is 0 Å². The first-order valence-electron chi connectivity index (χ1n) is 7.58. The van der Waals surface area contributed by atoms with Crippen molar-refractivity contribution in [1.82, 2.24) is 14.9 Å². The van der Waals surface area contributed by atoms with E-state index in [9.17, 15) is 0 Å². The van der Waals surface area contributed by atoms with Crippen LogP contribution in [0.4, 0.5) is 0 Å². The molecule has 110 valence electrons. The number of ether oxygens (including phenoxy) is 1. The minimum Gasteiger partial charge on any atom is -0.380 e. The highest BCUT2D eigenvalue weighted by Gasteiger charge is 2.08. The van der Waals surface area contributed by atoms with Crippen LogP contribution >= 0.6 is 0 Å². The van der Waals surface area contributed by atoms with E-state index in [1.54, 1.807) is 0 Å². The fourth-order valence-electron chi connectivity index (χ4n) is 2.32. The predicted molar refractivity (Wildman–Crippen MR) is 82.8 cm³/mol. The average Bonchev–Trinajstić information content (AvgIpc) is 2.83. The summed E-state index contributed by atoms with van der Waals surface area (Å²) in [7, 11) is 0. The summed E-state index contributed by atoms with van der Waals surface area (Å²) in [6.45, 7) is 8.70. The van der Waals surface area contributed by atoms with Gasteiger partial charge < -0.3 is 14.6 Å². The van der Waals surface area contributed by atoms with Gasteiger partial charge in [0.2, 0.25) is 0 Å². The van der Waals surface area contributed by atoms with E-state index in [1.807, 2.05) is 12.3 Å². The molecule has 0 amide bonds.